The van der Waals surface area contributed by atoms with Crippen LogP contribution >= 0.6 is 0 Å². The molecule has 2 aliphatic rings. The average molecular weight is 241 g/mol. The Kier molecular flexibility index (Phi) is 3.38. The van der Waals surface area contributed by atoms with E-state index < -0.39 is 11.9 Å². The number of amides is 1. The lowest BCUT2D eigenvalue weighted by atomic mass is 9.87. The molecular formula is C12H19NO4. The fourth-order valence-electron chi connectivity index (χ4n) is 2.68. The number of carboxylic acid groups (broad SMARTS) is 1. The topological polar surface area (TPSA) is 86.6 Å². The van der Waals surface area contributed by atoms with Crippen molar-refractivity contribution in [2.45, 2.75) is 32.1 Å². The molecule has 0 aromatic rings. The van der Waals surface area contributed by atoms with Crippen LogP contribution in [-0.4, -0.2) is 35.2 Å². The van der Waals surface area contributed by atoms with Crippen LogP contribution in [0.2, 0.25) is 0 Å². The van der Waals surface area contributed by atoms with Gasteiger partial charge in [-0.05, 0) is 19.3 Å². The minimum absolute atomic E-state index is 0.0975. The quantitative estimate of drug-likeness (QED) is 0.649. The molecule has 5 nitrogen and oxygen atoms in total. The molecule has 96 valence electrons. The molecule has 2 aliphatic carbocycles. The zero-order valence-electron chi connectivity index (χ0n) is 9.82. The molecule has 0 aromatic heterocycles. The van der Waals surface area contributed by atoms with Crippen molar-refractivity contribution in [2.75, 3.05) is 13.2 Å². The Morgan fingerprint density at radius 2 is 1.88 bits per heavy atom. The zero-order chi connectivity index (χ0) is 12.5. The van der Waals surface area contributed by atoms with E-state index in [9.17, 15) is 14.7 Å². The van der Waals surface area contributed by atoms with Crippen molar-refractivity contribution in [1.29, 1.82) is 0 Å². The number of carboxylic acids is 1. The Morgan fingerprint density at radius 3 is 2.35 bits per heavy atom. The molecule has 0 heterocycles. The molecule has 2 saturated carbocycles. The number of nitrogens with one attached hydrogen (secondary N) is 1. The summed E-state index contributed by atoms with van der Waals surface area (Å²) in [6.45, 7) is 0.575. The van der Waals surface area contributed by atoms with Crippen LogP contribution in [0, 0.1) is 17.3 Å². The van der Waals surface area contributed by atoms with Crippen LogP contribution < -0.4 is 5.32 Å². The van der Waals surface area contributed by atoms with Gasteiger partial charge in [0.25, 0.3) is 0 Å². The van der Waals surface area contributed by atoms with Crippen molar-refractivity contribution in [1.82, 2.24) is 5.32 Å². The van der Waals surface area contributed by atoms with Gasteiger partial charge in [-0.15, -0.1) is 0 Å². The summed E-state index contributed by atoms with van der Waals surface area (Å²) in [7, 11) is 0. The predicted molar refractivity (Wildman–Crippen MR) is 60.2 cm³/mol. The van der Waals surface area contributed by atoms with Gasteiger partial charge < -0.3 is 15.5 Å². The number of rotatable bonds is 5. The third-order valence-corrected chi connectivity index (χ3v) is 4.08. The summed E-state index contributed by atoms with van der Waals surface area (Å²) in [6.07, 6.45) is 4.52. The normalized spacial score (nSPS) is 29.9. The second kappa shape index (κ2) is 4.64. The van der Waals surface area contributed by atoms with E-state index in [1.54, 1.807) is 0 Å². The summed E-state index contributed by atoms with van der Waals surface area (Å²) >= 11 is 0. The Morgan fingerprint density at radius 1 is 1.24 bits per heavy atom. The summed E-state index contributed by atoms with van der Waals surface area (Å²) in [6, 6.07) is 0. The highest BCUT2D eigenvalue weighted by molar-refractivity contribution is 5.89. The Labute approximate surface area is 100 Å². The smallest absolute Gasteiger partial charge is 0.307 e. The van der Waals surface area contributed by atoms with E-state index >= 15 is 0 Å². The van der Waals surface area contributed by atoms with Gasteiger partial charge in [-0.1, -0.05) is 12.8 Å². The standard InChI is InChI=1S/C12H19NO4/c14-7-12(3-1-2-4-12)6-13-10(15)8-5-9(8)11(16)17/h8-9,14H,1-7H2,(H,13,15)(H,16,17). The summed E-state index contributed by atoms with van der Waals surface area (Å²) in [5.41, 5.74) is -0.163. The third-order valence-electron chi connectivity index (χ3n) is 4.08. The summed E-state index contributed by atoms with van der Waals surface area (Å²) in [5, 5.41) is 20.9. The molecule has 2 fully saturated rings. The molecule has 0 aliphatic heterocycles. The Bertz CT molecular complexity index is 322. The molecule has 2 atom stereocenters. The number of aliphatic carboxylic acids is 1. The van der Waals surface area contributed by atoms with Crippen molar-refractivity contribution < 1.29 is 19.8 Å². The predicted octanol–water partition coefficient (Wildman–Crippen LogP) is 0.376. The lowest BCUT2D eigenvalue weighted by Crippen LogP contribution is -2.39. The maximum Gasteiger partial charge on any atom is 0.307 e. The molecule has 17 heavy (non-hydrogen) atoms. The molecule has 2 unspecified atom stereocenters. The first-order valence-electron chi connectivity index (χ1n) is 6.19. The van der Waals surface area contributed by atoms with Crippen LogP contribution in [0.3, 0.4) is 0 Å². The molecule has 2 rings (SSSR count). The van der Waals surface area contributed by atoms with Crippen LogP contribution in [0.4, 0.5) is 0 Å². The van der Waals surface area contributed by atoms with Crippen molar-refractivity contribution >= 4 is 11.9 Å². The van der Waals surface area contributed by atoms with Gasteiger partial charge in [0, 0.05) is 12.0 Å². The van der Waals surface area contributed by atoms with Crippen LogP contribution in [0.15, 0.2) is 0 Å². The maximum absolute atomic E-state index is 11.7. The van der Waals surface area contributed by atoms with E-state index in [4.69, 9.17) is 5.11 Å². The first-order valence-corrected chi connectivity index (χ1v) is 6.19. The number of hydrogen-bond donors (Lipinski definition) is 3. The number of hydrogen-bond acceptors (Lipinski definition) is 3. The maximum atomic E-state index is 11.7. The number of carbonyl (C=O) groups is 2. The molecular weight excluding hydrogens is 222 g/mol. The van der Waals surface area contributed by atoms with E-state index in [2.05, 4.69) is 5.32 Å². The molecule has 0 bridgehead atoms. The third kappa shape index (κ3) is 2.60. The highest BCUT2D eigenvalue weighted by Gasteiger charge is 2.48. The Hall–Kier alpha value is -1.10. The molecule has 1 amide bonds. The highest BCUT2D eigenvalue weighted by Crippen LogP contribution is 2.40. The molecule has 0 spiro atoms. The van der Waals surface area contributed by atoms with Crippen LogP contribution in [0.1, 0.15) is 32.1 Å². The van der Waals surface area contributed by atoms with Crippen molar-refractivity contribution in [3.05, 3.63) is 0 Å². The number of carbonyl (C=O) groups excluding carboxylic acids is 1. The molecule has 5 heteroatoms. The lowest BCUT2D eigenvalue weighted by Gasteiger charge is -2.26. The van der Waals surface area contributed by atoms with Crippen molar-refractivity contribution in [3.63, 3.8) is 0 Å². The molecule has 0 radical (unpaired) electrons. The van der Waals surface area contributed by atoms with E-state index in [1.807, 2.05) is 0 Å². The van der Waals surface area contributed by atoms with Crippen molar-refractivity contribution in [2.24, 2.45) is 17.3 Å². The SMILES string of the molecule is O=C(O)C1CC1C(=O)NCC1(CO)CCCC1. The van der Waals surface area contributed by atoms with Gasteiger partial charge in [0.1, 0.15) is 0 Å². The Balaban J connectivity index is 1.78. The first-order chi connectivity index (χ1) is 8.08. The second-order valence-electron chi connectivity index (χ2n) is 5.37. The first kappa shape index (κ1) is 12.4. The van der Waals surface area contributed by atoms with E-state index in [-0.39, 0.29) is 23.8 Å². The van der Waals surface area contributed by atoms with E-state index in [1.165, 1.54) is 0 Å². The van der Waals surface area contributed by atoms with E-state index in [0.717, 1.165) is 25.7 Å². The van der Waals surface area contributed by atoms with Gasteiger partial charge in [-0.2, -0.15) is 0 Å². The van der Waals surface area contributed by atoms with Gasteiger partial charge in [0.2, 0.25) is 5.91 Å². The molecule has 0 saturated heterocycles. The fourth-order valence-corrected chi connectivity index (χ4v) is 2.68. The van der Waals surface area contributed by atoms with Crippen molar-refractivity contribution in [3.8, 4) is 0 Å². The van der Waals surface area contributed by atoms with Crippen LogP contribution in [0.25, 0.3) is 0 Å². The summed E-state index contributed by atoms with van der Waals surface area (Å²) in [4.78, 5) is 22.3. The van der Waals surface area contributed by atoms with Gasteiger partial charge in [-0.25, -0.2) is 0 Å². The highest BCUT2D eigenvalue weighted by atomic mass is 16.4. The van der Waals surface area contributed by atoms with Gasteiger partial charge in [0.05, 0.1) is 18.4 Å². The average Bonchev–Trinajstić information content (AvgIpc) is 2.99. The largest absolute Gasteiger partial charge is 0.481 e. The summed E-state index contributed by atoms with van der Waals surface area (Å²) in [5.74, 6) is -1.91. The summed E-state index contributed by atoms with van der Waals surface area (Å²) < 4.78 is 0. The minimum atomic E-state index is -0.886. The second-order valence-corrected chi connectivity index (χ2v) is 5.37. The molecule has 0 aromatic carbocycles. The van der Waals surface area contributed by atoms with Gasteiger partial charge >= 0.3 is 5.97 Å². The van der Waals surface area contributed by atoms with Crippen LogP contribution in [-0.2, 0) is 9.59 Å². The van der Waals surface area contributed by atoms with Gasteiger partial charge in [-0.3, -0.25) is 9.59 Å². The van der Waals surface area contributed by atoms with Crippen LogP contribution in [0.5, 0.6) is 0 Å². The number of aliphatic hydroxyl groups is 1. The zero-order valence-corrected chi connectivity index (χ0v) is 9.82. The van der Waals surface area contributed by atoms with E-state index in [0.29, 0.717) is 13.0 Å². The monoisotopic (exact) mass is 241 g/mol. The number of aliphatic hydroxyl groups excluding tert-OH is 1. The fraction of sp³-hybridized carbons (Fsp3) is 0.833. The van der Waals surface area contributed by atoms with Gasteiger partial charge in [0.15, 0.2) is 0 Å². The molecule has 3 N–H and O–H groups in total. The lowest BCUT2D eigenvalue weighted by molar-refractivity contribution is -0.140. The minimum Gasteiger partial charge on any atom is -0.481 e.